The minimum atomic E-state index is 0.0203. The van der Waals surface area contributed by atoms with Crippen molar-refractivity contribution in [3.8, 4) is 5.75 Å². The molecule has 0 saturated carbocycles. The predicted molar refractivity (Wildman–Crippen MR) is 57.3 cm³/mol. The minimum absolute atomic E-state index is 0.0203. The van der Waals surface area contributed by atoms with Gasteiger partial charge < -0.3 is 9.30 Å². The molecular formula is C11H12N2O2. The lowest BCUT2D eigenvalue weighted by atomic mass is 10.1. The molecule has 4 nitrogen and oxygen atoms in total. The molecule has 0 aliphatic heterocycles. The van der Waals surface area contributed by atoms with Crippen molar-refractivity contribution >= 4 is 16.8 Å². The van der Waals surface area contributed by atoms with E-state index in [4.69, 9.17) is 4.74 Å². The average Bonchev–Trinajstić information content (AvgIpc) is 2.56. The smallest absolute Gasteiger partial charge is 0.162 e. The van der Waals surface area contributed by atoms with E-state index in [1.54, 1.807) is 32.5 Å². The Kier molecular flexibility index (Phi) is 2.19. The third kappa shape index (κ3) is 1.38. The summed E-state index contributed by atoms with van der Waals surface area (Å²) in [7, 11) is 3.45. The Bertz CT molecular complexity index is 529. The van der Waals surface area contributed by atoms with Crippen LogP contribution in [0.3, 0.4) is 0 Å². The Morgan fingerprint density at radius 2 is 2.27 bits per heavy atom. The monoisotopic (exact) mass is 204 g/mol. The number of pyridine rings is 1. The van der Waals surface area contributed by atoms with Gasteiger partial charge in [-0.05, 0) is 13.0 Å². The first kappa shape index (κ1) is 9.71. The molecule has 0 saturated heterocycles. The minimum Gasteiger partial charge on any atom is -0.496 e. The van der Waals surface area contributed by atoms with Gasteiger partial charge in [-0.15, -0.1) is 0 Å². The Labute approximate surface area is 87.5 Å². The van der Waals surface area contributed by atoms with Crippen LogP contribution in [-0.2, 0) is 7.05 Å². The third-order valence-corrected chi connectivity index (χ3v) is 2.42. The molecule has 2 aromatic rings. The zero-order valence-electron chi connectivity index (χ0n) is 8.94. The van der Waals surface area contributed by atoms with Gasteiger partial charge in [0.15, 0.2) is 5.78 Å². The van der Waals surface area contributed by atoms with Crippen molar-refractivity contribution in [1.29, 1.82) is 0 Å². The molecule has 0 amide bonds. The highest BCUT2D eigenvalue weighted by molar-refractivity contribution is 6.08. The number of aryl methyl sites for hydroxylation is 1. The van der Waals surface area contributed by atoms with Crippen LogP contribution in [0.1, 0.15) is 17.3 Å². The van der Waals surface area contributed by atoms with E-state index in [9.17, 15) is 4.79 Å². The molecule has 0 spiro atoms. The van der Waals surface area contributed by atoms with Gasteiger partial charge in [0.05, 0.1) is 12.5 Å². The highest BCUT2D eigenvalue weighted by Crippen LogP contribution is 2.28. The molecule has 0 aromatic carbocycles. The second kappa shape index (κ2) is 3.38. The van der Waals surface area contributed by atoms with E-state index in [1.807, 2.05) is 11.6 Å². The predicted octanol–water partition coefficient (Wildman–Crippen LogP) is 1.78. The van der Waals surface area contributed by atoms with E-state index in [0.717, 1.165) is 11.0 Å². The number of Topliss-reactive ketones (excluding diaryl/α,β-unsaturated/α-hetero) is 1. The van der Waals surface area contributed by atoms with Crippen LogP contribution in [0.5, 0.6) is 5.75 Å². The first-order valence-corrected chi connectivity index (χ1v) is 4.64. The molecule has 0 bridgehead atoms. The maximum Gasteiger partial charge on any atom is 0.162 e. The van der Waals surface area contributed by atoms with Gasteiger partial charge in [0.2, 0.25) is 0 Å². The summed E-state index contributed by atoms with van der Waals surface area (Å²) in [6.07, 6.45) is 3.45. The summed E-state index contributed by atoms with van der Waals surface area (Å²) in [5, 5.41) is 0.787. The van der Waals surface area contributed by atoms with E-state index in [2.05, 4.69) is 4.98 Å². The van der Waals surface area contributed by atoms with Crippen molar-refractivity contribution in [3.63, 3.8) is 0 Å². The first-order valence-electron chi connectivity index (χ1n) is 4.64. The molecule has 0 aliphatic rings. The van der Waals surface area contributed by atoms with Crippen LogP contribution in [0, 0.1) is 0 Å². The van der Waals surface area contributed by atoms with Crippen LogP contribution in [0.25, 0.3) is 11.0 Å². The molecule has 15 heavy (non-hydrogen) atoms. The van der Waals surface area contributed by atoms with Crippen molar-refractivity contribution in [3.05, 3.63) is 24.0 Å². The largest absolute Gasteiger partial charge is 0.496 e. The lowest BCUT2D eigenvalue weighted by Crippen LogP contribution is -1.92. The quantitative estimate of drug-likeness (QED) is 0.700. The second-order valence-electron chi connectivity index (χ2n) is 3.42. The average molecular weight is 204 g/mol. The Morgan fingerprint density at radius 1 is 1.53 bits per heavy atom. The number of ketones is 1. The van der Waals surface area contributed by atoms with Gasteiger partial charge in [0.25, 0.3) is 0 Å². The standard InChI is InChI=1S/C11H12N2O2/c1-7(14)8-6-13(2)11-10(8)9(15-3)4-5-12-11/h4-6H,1-3H3. The third-order valence-electron chi connectivity index (χ3n) is 2.42. The molecule has 0 radical (unpaired) electrons. The van der Waals surface area contributed by atoms with Crippen LogP contribution in [0.15, 0.2) is 18.5 Å². The molecule has 2 aromatic heterocycles. The van der Waals surface area contributed by atoms with E-state index >= 15 is 0 Å². The number of methoxy groups -OCH3 is 1. The van der Waals surface area contributed by atoms with Crippen molar-refractivity contribution < 1.29 is 9.53 Å². The summed E-state index contributed by atoms with van der Waals surface area (Å²) in [6, 6.07) is 1.76. The van der Waals surface area contributed by atoms with Gasteiger partial charge in [-0.1, -0.05) is 0 Å². The van der Waals surface area contributed by atoms with Crippen molar-refractivity contribution in [1.82, 2.24) is 9.55 Å². The van der Waals surface area contributed by atoms with Gasteiger partial charge in [0, 0.05) is 25.0 Å². The maximum atomic E-state index is 11.4. The molecule has 0 atom stereocenters. The summed E-state index contributed by atoms with van der Waals surface area (Å²) in [5.41, 5.74) is 1.41. The summed E-state index contributed by atoms with van der Waals surface area (Å²) in [6.45, 7) is 1.54. The Hall–Kier alpha value is -1.84. The van der Waals surface area contributed by atoms with Crippen LogP contribution in [-0.4, -0.2) is 22.4 Å². The fraction of sp³-hybridized carbons (Fsp3) is 0.273. The molecule has 0 N–H and O–H groups in total. The van der Waals surface area contributed by atoms with E-state index in [0.29, 0.717) is 11.3 Å². The van der Waals surface area contributed by atoms with Crippen molar-refractivity contribution in [2.45, 2.75) is 6.92 Å². The molecule has 78 valence electrons. The lowest BCUT2D eigenvalue weighted by molar-refractivity contribution is 0.101. The van der Waals surface area contributed by atoms with Gasteiger partial charge in [-0.25, -0.2) is 4.98 Å². The number of aromatic nitrogens is 2. The van der Waals surface area contributed by atoms with E-state index < -0.39 is 0 Å². The molecule has 2 rings (SSSR count). The van der Waals surface area contributed by atoms with Crippen LogP contribution in [0.2, 0.25) is 0 Å². The molecule has 2 heterocycles. The number of rotatable bonds is 2. The van der Waals surface area contributed by atoms with Gasteiger partial charge in [-0.2, -0.15) is 0 Å². The van der Waals surface area contributed by atoms with Crippen molar-refractivity contribution in [2.75, 3.05) is 7.11 Å². The highest BCUT2D eigenvalue weighted by atomic mass is 16.5. The topological polar surface area (TPSA) is 44.1 Å². The summed E-state index contributed by atoms with van der Waals surface area (Å²) >= 11 is 0. The number of nitrogens with zero attached hydrogens (tertiary/aromatic N) is 2. The SMILES string of the molecule is COc1ccnc2c1c(C(C)=O)cn2C. The zero-order chi connectivity index (χ0) is 11.0. The fourth-order valence-electron chi connectivity index (χ4n) is 1.71. The van der Waals surface area contributed by atoms with Gasteiger partial charge in [0.1, 0.15) is 11.4 Å². The molecular weight excluding hydrogens is 192 g/mol. The summed E-state index contributed by atoms with van der Waals surface area (Å²) < 4.78 is 7.05. The maximum absolute atomic E-state index is 11.4. The summed E-state index contributed by atoms with van der Waals surface area (Å²) in [4.78, 5) is 15.7. The van der Waals surface area contributed by atoms with Gasteiger partial charge >= 0.3 is 0 Å². The first-order chi connectivity index (χ1) is 7.15. The molecule has 0 unspecified atom stereocenters. The number of fused-ring (bicyclic) bond motifs is 1. The van der Waals surface area contributed by atoms with Crippen LogP contribution in [0.4, 0.5) is 0 Å². The zero-order valence-corrected chi connectivity index (χ0v) is 8.94. The molecule has 4 heteroatoms. The summed E-state index contributed by atoms with van der Waals surface area (Å²) in [5.74, 6) is 0.706. The highest BCUT2D eigenvalue weighted by Gasteiger charge is 2.15. The normalized spacial score (nSPS) is 10.6. The number of hydrogen-bond donors (Lipinski definition) is 0. The molecule has 0 fully saturated rings. The number of carbonyl (C=O) groups excluding carboxylic acids is 1. The Morgan fingerprint density at radius 3 is 2.87 bits per heavy atom. The van der Waals surface area contributed by atoms with Crippen LogP contribution < -0.4 is 4.74 Å². The Balaban J connectivity index is 2.88. The lowest BCUT2D eigenvalue weighted by Gasteiger charge is -2.02. The number of ether oxygens (including phenoxy) is 1. The van der Waals surface area contributed by atoms with E-state index in [-0.39, 0.29) is 5.78 Å². The van der Waals surface area contributed by atoms with Crippen molar-refractivity contribution in [2.24, 2.45) is 7.05 Å². The second-order valence-corrected chi connectivity index (χ2v) is 3.42. The van der Waals surface area contributed by atoms with E-state index in [1.165, 1.54) is 0 Å². The molecule has 0 aliphatic carbocycles. The van der Waals surface area contributed by atoms with Gasteiger partial charge in [-0.3, -0.25) is 4.79 Å². The van der Waals surface area contributed by atoms with Crippen LogP contribution >= 0.6 is 0 Å². The number of hydrogen-bond acceptors (Lipinski definition) is 3. The number of carbonyl (C=O) groups is 1. The fourth-order valence-corrected chi connectivity index (χ4v) is 1.71.